The summed E-state index contributed by atoms with van der Waals surface area (Å²) in [7, 11) is -3.79. The minimum atomic E-state index is -3.79. The van der Waals surface area contributed by atoms with Crippen LogP contribution in [0.25, 0.3) is 5.69 Å². The summed E-state index contributed by atoms with van der Waals surface area (Å²) >= 11 is 0. The van der Waals surface area contributed by atoms with Crippen molar-refractivity contribution in [2.24, 2.45) is 0 Å². The van der Waals surface area contributed by atoms with Crippen molar-refractivity contribution < 1.29 is 8.42 Å². The lowest BCUT2D eigenvalue weighted by molar-refractivity contribution is 0.593. The van der Waals surface area contributed by atoms with Crippen molar-refractivity contribution in [3.8, 4) is 5.69 Å². The zero-order chi connectivity index (χ0) is 19.6. The number of benzene rings is 3. The van der Waals surface area contributed by atoms with Crippen molar-refractivity contribution in [2.75, 3.05) is 5.32 Å². The maximum atomic E-state index is 13.3. The Labute approximate surface area is 164 Å². The van der Waals surface area contributed by atoms with Crippen LogP contribution in [-0.2, 0) is 9.84 Å². The van der Waals surface area contributed by atoms with Crippen LogP contribution in [0.4, 0.5) is 11.5 Å². The second-order valence-electron chi connectivity index (χ2n) is 6.41. The van der Waals surface area contributed by atoms with Gasteiger partial charge in [-0.3, -0.25) is 4.57 Å². The average Bonchev–Trinajstić information content (AvgIpc) is 3.14. The lowest BCUT2D eigenvalue weighted by Crippen LogP contribution is -2.08. The second kappa shape index (κ2) is 7.32. The number of hydrogen-bond donors (Lipinski definition) is 1. The molecule has 1 heterocycles. The fourth-order valence-electron chi connectivity index (χ4n) is 2.91. The molecule has 4 rings (SSSR count). The van der Waals surface area contributed by atoms with Gasteiger partial charge in [0.05, 0.1) is 4.90 Å². The molecule has 0 bridgehead atoms. The maximum absolute atomic E-state index is 13.3. The van der Waals surface area contributed by atoms with Crippen LogP contribution in [0, 0.1) is 6.92 Å². The number of anilines is 2. The first kappa shape index (κ1) is 18.0. The Balaban J connectivity index is 1.87. The maximum Gasteiger partial charge on any atom is 0.227 e. The molecule has 4 aromatic rings. The molecule has 0 atom stereocenters. The number of aryl methyl sites for hydroxylation is 1. The summed E-state index contributed by atoms with van der Waals surface area (Å²) in [6.07, 6.45) is 1.53. The van der Waals surface area contributed by atoms with E-state index in [0.717, 1.165) is 16.9 Å². The largest absolute Gasteiger partial charge is 0.339 e. The van der Waals surface area contributed by atoms with E-state index >= 15 is 0 Å². The summed E-state index contributed by atoms with van der Waals surface area (Å²) in [5.74, 6) is 0.401. The highest BCUT2D eigenvalue weighted by molar-refractivity contribution is 7.91. The molecule has 0 spiro atoms. The van der Waals surface area contributed by atoms with Crippen LogP contribution in [0.15, 0.2) is 101 Å². The van der Waals surface area contributed by atoms with E-state index in [2.05, 4.69) is 10.3 Å². The summed E-state index contributed by atoms with van der Waals surface area (Å²) < 4.78 is 28.3. The van der Waals surface area contributed by atoms with E-state index in [9.17, 15) is 8.42 Å². The van der Waals surface area contributed by atoms with Gasteiger partial charge in [0.2, 0.25) is 14.9 Å². The standard InChI is InChI=1S/C22H19N3O2S/c1-17-12-14-20(15-13-17)28(26,27)22-21(24-18-8-4-2-5-9-18)25(16-23-22)19-10-6-3-7-11-19/h2-16,24H,1H3. The molecule has 0 amide bonds. The van der Waals surface area contributed by atoms with E-state index in [1.807, 2.05) is 67.6 Å². The number of aromatic nitrogens is 2. The third-order valence-electron chi connectivity index (χ3n) is 4.39. The Hall–Kier alpha value is -3.38. The van der Waals surface area contributed by atoms with Gasteiger partial charge in [0.15, 0.2) is 5.82 Å². The second-order valence-corrected chi connectivity index (χ2v) is 8.28. The molecule has 0 radical (unpaired) electrons. The van der Waals surface area contributed by atoms with Gasteiger partial charge >= 0.3 is 0 Å². The lowest BCUT2D eigenvalue weighted by atomic mass is 10.2. The highest BCUT2D eigenvalue weighted by Gasteiger charge is 2.27. The van der Waals surface area contributed by atoms with E-state index in [1.54, 1.807) is 28.8 Å². The number of sulfone groups is 1. The quantitative estimate of drug-likeness (QED) is 0.535. The molecule has 0 aliphatic heterocycles. The van der Waals surface area contributed by atoms with Crippen LogP contribution < -0.4 is 5.32 Å². The summed E-state index contributed by atoms with van der Waals surface area (Å²) in [6, 6.07) is 25.7. The molecular weight excluding hydrogens is 370 g/mol. The number of rotatable bonds is 5. The van der Waals surface area contributed by atoms with E-state index < -0.39 is 9.84 Å². The van der Waals surface area contributed by atoms with Crippen LogP contribution in [0.2, 0.25) is 0 Å². The molecule has 28 heavy (non-hydrogen) atoms. The Morgan fingerprint density at radius 1 is 0.821 bits per heavy atom. The van der Waals surface area contributed by atoms with Crippen LogP contribution >= 0.6 is 0 Å². The molecule has 1 aromatic heterocycles. The molecule has 0 unspecified atom stereocenters. The van der Waals surface area contributed by atoms with Crippen molar-refractivity contribution in [3.05, 3.63) is 96.8 Å². The smallest absolute Gasteiger partial charge is 0.227 e. The molecule has 5 nitrogen and oxygen atoms in total. The van der Waals surface area contributed by atoms with Gasteiger partial charge in [-0.25, -0.2) is 13.4 Å². The zero-order valence-corrected chi connectivity index (χ0v) is 16.1. The van der Waals surface area contributed by atoms with E-state index in [-0.39, 0.29) is 9.92 Å². The first-order valence-electron chi connectivity index (χ1n) is 8.82. The lowest BCUT2D eigenvalue weighted by Gasteiger charge is -2.13. The van der Waals surface area contributed by atoms with Gasteiger partial charge < -0.3 is 5.32 Å². The van der Waals surface area contributed by atoms with Crippen LogP contribution in [0.3, 0.4) is 0 Å². The first-order chi connectivity index (χ1) is 13.6. The fourth-order valence-corrected chi connectivity index (χ4v) is 4.22. The van der Waals surface area contributed by atoms with Crippen molar-refractivity contribution in [3.63, 3.8) is 0 Å². The van der Waals surface area contributed by atoms with Crippen molar-refractivity contribution in [1.29, 1.82) is 0 Å². The van der Waals surface area contributed by atoms with Gasteiger partial charge in [-0.05, 0) is 43.3 Å². The molecule has 0 aliphatic rings. The van der Waals surface area contributed by atoms with Gasteiger partial charge in [0, 0.05) is 11.4 Å². The summed E-state index contributed by atoms with van der Waals surface area (Å²) in [4.78, 5) is 4.49. The topological polar surface area (TPSA) is 64.0 Å². The van der Waals surface area contributed by atoms with Gasteiger partial charge in [-0.15, -0.1) is 0 Å². The van der Waals surface area contributed by atoms with E-state index in [0.29, 0.717) is 5.82 Å². The Bertz CT molecular complexity index is 1180. The Morgan fingerprint density at radius 2 is 1.43 bits per heavy atom. The highest BCUT2D eigenvalue weighted by atomic mass is 32.2. The molecule has 0 fully saturated rings. The van der Waals surface area contributed by atoms with E-state index in [1.165, 1.54) is 6.33 Å². The predicted octanol–water partition coefficient (Wildman–Crippen LogP) is 4.76. The Kier molecular flexibility index (Phi) is 4.71. The van der Waals surface area contributed by atoms with E-state index in [4.69, 9.17) is 0 Å². The van der Waals surface area contributed by atoms with Gasteiger partial charge in [0.25, 0.3) is 0 Å². The Morgan fingerprint density at radius 3 is 2.07 bits per heavy atom. The number of nitrogens with one attached hydrogen (secondary N) is 1. The third-order valence-corrected chi connectivity index (χ3v) is 6.09. The molecule has 6 heteroatoms. The summed E-state index contributed by atoms with van der Waals surface area (Å²) in [5.41, 5.74) is 2.59. The number of para-hydroxylation sites is 2. The number of imidazole rings is 1. The monoisotopic (exact) mass is 389 g/mol. The number of nitrogens with zero attached hydrogens (tertiary/aromatic N) is 2. The summed E-state index contributed by atoms with van der Waals surface area (Å²) in [6.45, 7) is 1.92. The molecule has 3 aromatic carbocycles. The zero-order valence-electron chi connectivity index (χ0n) is 15.3. The fraction of sp³-hybridized carbons (Fsp3) is 0.0455. The third kappa shape index (κ3) is 3.42. The van der Waals surface area contributed by atoms with Crippen LogP contribution in [0.5, 0.6) is 0 Å². The normalized spacial score (nSPS) is 11.3. The van der Waals surface area contributed by atoms with Crippen molar-refractivity contribution in [2.45, 2.75) is 16.8 Å². The van der Waals surface area contributed by atoms with Crippen LogP contribution in [0.1, 0.15) is 5.56 Å². The average molecular weight is 389 g/mol. The van der Waals surface area contributed by atoms with Crippen LogP contribution in [-0.4, -0.2) is 18.0 Å². The van der Waals surface area contributed by atoms with Gasteiger partial charge in [-0.2, -0.15) is 0 Å². The predicted molar refractivity (Wildman–Crippen MR) is 110 cm³/mol. The van der Waals surface area contributed by atoms with Crippen molar-refractivity contribution in [1.82, 2.24) is 9.55 Å². The molecule has 0 saturated carbocycles. The molecule has 0 aliphatic carbocycles. The van der Waals surface area contributed by atoms with Gasteiger partial charge in [0.1, 0.15) is 6.33 Å². The molecule has 140 valence electrons. The molecule has 0 saturated heterocycles. The summed E-state index contributed by atoms with van der Waals surface area (Å²) in [5, 5.41) is 3.22. The number of hydrogen-bond acceptors (Lipinski definition) is 4. The SMILES string of the molecule is Cc1ccc(S(=O)(=O)c2ncn(-c3ccccc3)c2Nc2ccccc2)cc1. The minimum absolute atomic E-state index is 0.0101. The highest BCUT2D eigenvalue weighted by Crippen LogP contribution is 2.31. The first-order valence-corrected chi connectivity index (χ1v) is 10.3. The molecule has 1 N–H and O–H groups in total. The molecular formula is C22H19N3O2S. The minimum Gasteiger partial charge on any atom is -0.339 e. The van der Waals surface area contributed by atoms with Gasteiger partial charge in [-0.1, -0.05) is 54.1 Å². The van der Waals surface area contributed by atoms with Crippen molar-refractivity contribution >= 4 is 21.3 Å².